The van der Waals surface area contributed by atoms with Crippen LogP contribution in [0.15, 0.2) is 41.8 Å². The Balaban J connectivity index is 1.76. The lowest BCUT2D eigenvalue weighted by atomic mass is 10.1. The Hall–Kier alpha value is -2.14. The molecule has 1 amide bonds. The highest BCUT2D eigenvalue weighted by molar-refractivity contribution is 7.09. The summed E-state index contributed by atoms with van der Waals surface area (Å²) in [6.07, 6.45) is 2.13. The van der Waals surface area contributed by atoms with E-state index in [4.69, 9.17) is 0 Å². The van der Waals surface area contributed by atoms with Gasteiger partial charge < -0.3 is 9.64 Å². The summed E-state index contributed by atoms with van der Waals surface area (Å²) in [6, 6.07) is 11.0. The van der Waals surface area contributed by atoms with E-state index in [9.17, 15) is 9.59 Å². The number of ether oxygens (including phenoxy) is 1. The number of carbonyl (C=O) groups is 2. The minimum absolute atomic E-state index is 0.0207. The van der Waals surface area contributed by atoms with E-state index in [2.05, 4.69) is 4.74 Å². The van der Waals surface area contributed by atoms with Gasteiger partial charge in [-0.1, -0.05) is 6.07 Å². The molecular formula is C17H17NO3S. The summed E-state index contributed by atoms with van der Waals surface area (Å²) in [5.74, 6) is -0.371. The number of hydrogen-bond acceptors (Lipinski definition) is 4. The highest BCUT2D eigenvalue weighted by atomic mass is 32.1. The largest absolute Gasteiger partial charge is 0.465 e. The lowest BCUT2D eigenvalue weighted by Crippen LogP contribution is -2.32. The molecule has 0 N–H and O–H groups in total. The molecule has 4 nitrogen and oxygen atoms in total. The van der Waals surface area contributed by atoms with Crippen molar-refractivity contribution in [1.82, 2.24) is 4.90 Å². The third kappa shape index (κ3) is 3.20. The van der Waals surface area contributed by atoms with Crippen LogP contribution in [0.5, 0.6) is 0 Å². The minimum atomic E-state index is -0.392. The number of methoxy groups -OCH3 is 1. The van der Waals surface area contributed by atoms with Crippen LogP contribution in [0, 0.1) is 0 Å². The van der Waals surface area contributed by atoms with Gasteiger partial charge >= 0.3 is 5.97 Å². The molecule has 1 heterocycles. The molecule has 1 aliphatic rings. The lowest BCUT2D eigenvalue weighted by molar-refractivity contribution is 0.0599. The zero-order valence-electron chi connectivity index (χ0n) is 12.3. The summed E-state index contributed by atoms with van der Waals surface area (Å²) >= 11 is 1.66. The quantitative estimate of drug-likeness (QED) is 0.795. The molecule has 2 aromatic rings. The van der Waals surface area contributed by atoms with Crippen LogP contribution < -0.4 is 0 Å². The molecule has 0 aliphatic heterocycles. The average Bonchev–Trinajstić information content (AvgIpc) is 3.27. The van der Waals surface area contributed by atoms with Gasteiger partial charge in [-0.05, 0) is 48.6 Å². The van der Waals surface area contributed by atoms with Gasteiger partial charge in [0, 0.05) is 16.5 Å². The van der Waals surface area contributed by atoms with Gasteiger partial charge in [0.2, 0.25) is 0 Å². The Morgan fingerprint density at radius 3 is 2.41 bits per heavy atom. The Morgan fingerprint density at radius 1 is 1.18 bits per heavy atom. The maximum Gasteiger partial charge on any atom is 0.337 e. The van der Waals surface area contributed by atoms with Crippen molar-refractivity contribution in [2.75, 3.05) is 7.11 Å². The minimum Gasteiger partial charge on any atom is -0.465 e. The van der Waals surface area contributed by atoms with Gasteiger partial charge in [0.1, 0.15) is 0 Å². The SMILES string of the molecule is COC(=O)c1ccc(C(=O)N(Cc2cccs2)C2CC2)cc1. The summed E-state index contributed by atoms with van der Waals surface area (Å²) in [6.45, 7) is 0.653. The highest BCUT2D eigenvalue weighted by Gasteiger charge is 2.33. The monoisotopic (exact) mass is 315 g/mol. The van der Waals surface area contributed by atoms with Crippen molar-refractivity contribution < 1.29 is 14.3 Å². The number of carbonyl (C=O) groups excluding carboxylic acids is 2. The fourth-order valence-electron chi connectivity index (χ4n) is 2.36. The average molecular weight is 315 g/mol. The zero-order chi connectivity index (χ0) is 15.5. The van der Waals surface area contributed by atoms with Crippen LogP contribution in [0.4, 0.5) is 0 Å². The van der Waals surface area contributed by atoms with E-state index < -0.39 is 5.97 Å². The summed E-state index contributed by atoms with van der Waals surface area (Å²) < 4.78 is 4.67. The first-order chi connectivity index (χ1) is 10.7. The molecule has 1 aromatic carbocycles. The molecular weight excluding hydrogens is 298 g/mol. The van der Waals surface area contributed by atoms with Crippen LogP contribution in [0.3, 0.4) is 0 Å². The first kappa shape index (κ1) is 14.8. The molecule has 0 radical (unpaired) electrons. The molecule has 3 rings (SSSR count). The second kappa shape index (κ2) is 6.32. The molecule has 1 fully saturated rings. The Morgan fingerprint density at radius 2 is 1.86 bits per heavy atom. The number of rotatable bonds is 5. The van der Waals surface area contributed by atoms with Crippen molar-refractivity contribution in [3.63, 3.8) is 0 Å². The number of amides is 1. The maximum absolute atomic E-state index is 12.7. The van der Waals surface area contributed by atoms with Crippen molar-refractivity contribution in [3.8, 4) is 0 Å². The van der Waals surface area contributed by atoms with Gasteiger partial charge in [0.05, 0.1) is 19.2 Å². The molecule has 0 atom stereocenters. The molecule has 1 aromatic heterocycles. The van der Waals surface area contributed by atoms with Crippen molar-refractivity contribution in [2.24, 2.45) is 0 Å². The van der Waals surface area contributed by atoms with Crippen LogP contribution >= 0.6 is 11.3 Å². The van der Waals surface area contributed by atoms with Gasteiger partial charge in [0.25, 0.3) is 5.91 Å². The van der Waals surface area contributed by atoms with Gasteiger partial charge in [-0.25, -0.2) is 4.79 Å². The Kier molecular flexibility index (Phi) is 4.24. The fraction of sp³-hybridized carbons (Fsp3) is 0.294. The third-order valence-corrected chi connectivity index (χ3v) is 4.57. The first-order valence-electron chi connectivity index (χ1n) is 7.21. The fourth-order valence-corrected chi connectivity index (χ4v) is 3.06. The summed E-state index contributed by atoms with van der Waals surface area (Å²) in [5, 5.41) is 2.02. The van der Waals surface area contributed by atoms with E-state index in [1.165, 1.54) is 12.0 Å². The molecule has 5 heteroatoms. The highest BCUT2D eigenvalue weighted by Crippen LogP contribution is 2.30. The van der Waals surface area contributed by atoms with E-state index in [1.54, 1.807) is 35.6 Å². The second-order valence-corrected chi connectivity index (χ2v) is 6.34. The smallest absolute Gasteiger partial charge is 0.337 e. The van der Waals surface area contributed by atoms with Crippen LogP contribution in [0.2, 0.25) is 0 Å². The van der Waals surface area contributed by atoms with Gasteiger partial charge in [-0.3, -0.25) is 4.79 Å². The van der Waals surface area contributed by atoms with Gasteiger partial charge in [-0.15, -0.1) is 11.3 Å². The number of benzene rings is 1. The summed E-state index contributed by atoms with van der Waals surface area (Å²) in [5.41, 5.74) is 1.06. The van der Waals surface area contributed by atoms with Crippen LogP contribution in [0.25, 0.3) is 0 Å². The standard InChI is InChI=1S/C17H17NO3S/c1-21-17(20)13-6-4-12(5-7-13)16(19)18(14-8-9-14)11-15-3-2-10-22-15/h2-7,10,14H,8-9,11H2,1H3. The molecule has 0 unspecified atom stereocenters. The van der Waals surface area contributed by atoms with E-state index >= 15 is 0 Å². The van der Waals surface area contributed by atoms with Crippen molar-refractivity contribution in [1.29, 1.82) is 0 Å². The van der Waals surface area contributed by atoms with Crippen LogP contribution in [-0.2, 0) is 11.3 Å². The molecule has 1 aliphatic carbocycles. The molecule has 22 heavy (non-hydrogen) atoms. The number of thiophene rings is 1. The van der Waals surface area contributed by atoms with E-state index in [0.29, 0.717) is 23.7 Å². The summed E-state index contributed by atoms with van der Waals surface area (Å²) in [4.78, 5) is 27.3. The van der Waals surface area contributed by atoms with Gasteiger partial charge in [0.15, 0.2) is 0 Å². The van der Waals surface area contributed by atoms with Crippen LogP contribution in [-0.4, -0.2) is 29.9 Å². The van der Waals surface area contributed by atoms with Crippen LogP contribution in [0.1, 0.15) is 38.4 Å². The topological polar surface area (TPSA) is 46.6 Å². The zero-order valence-corrected chi connectivity index (χ0v) is 13.1. The Labute approximate surface area is 133 Å². The predicted molar refractivity (Wildman–Crippen MR) is 85.0 cm³/mol. The normalized spacial score (nSPS) is 13.7. The van der Waals surface area contributed by atoms with E-state index in [1.807, 2.05) is 22.4 Å². The lowest BCUT2D eigenvalue weighted by Gasteiger charge is -2.22. The molecule has 0 bridgehead atoms. The van der Waals surface area contributed by atoms with Crippen molar-refractivity contribution in [2.45, 2.75) is 25.4 Å². The second-order valence-electron chi connectivity index (χ2n) is 5.31. The predicted octanol–water partition coefficient (Wildman–Crippen LogP) is 3.34. The van der Waals surface area contributed by atoms with Gasteiger partial charge in [-0.2, -0.15) is 0 Å². The molecule has 0 saturated heterocycles. The molecule has 0 spiro atoms. The third-order valence-electron chi connectivity index (χ3n) is 3.71. The van der Waals surface area contributed by atoms with E-state index in [0.717, 1.165) is 12.8 Å². The number of nitrogens with zero attached hydrogens (tertiary/aromatic N) is 1. The van der Waals surface area contributed by atoms with E-state index in [-0.39, 0.29) is 5.91 Å². The van der Waals surface area contributed by atoms with Crippen molar-refractivity contribution in [3.05, 3.63) is 57.8 Å². The maximum atomic E-state index is 12.7. The summed E-state index contributed by atoms with van der Waals surface area (Å²) in [7, 11) is 1.34. The number of esters is 1. The number of hydrogen-bond donors (Lipinski definition) is 0. The molecule has 1 saturated carbocycles. The Bertz CT molecular complexity index is 660. The van der Waals surface area contributed by atoms with Crippen molar-refractivity contribution >= 4 is 23.2 Å². The first-order valence-corrected chi connectivity index (χ1v) is 8.08. The molecule has 114 valence electrons.